The van der Waals surface area contributed by atoms with Crippen molar-refractivity contribution in [3.05, 3.63) is 53.6 Å². The van der Waals surface area contributed by atoms with Crippen LogP contribution < -0.4 is 0 Å². The molecule has 0 saturated carbocycles. The predicted molar refractivity (Wildman–Crippen MR) is 90.8 cm³/mol. The van der Waals surface area contributed by atoms with Gasteiger partial charge in [0.05, 0.1) is 16.5 Å². The Balaban J connectivity index is 2.09. The zero-order valence-electron chi connectivity index (χ0n) is 12.7. The van der Waals surface area contributed by atoms with Crippen molar-refractivity contribution in [3.63, 3.8) is 0 Å². The van der Waals surface area contributed by atoms with E-state index in [0.717, 1.165) is 11.8 Å². The molecule has 124 valence electrons. The number of aromatic nitrogens is 5. The number of para-hydroxylation sites is 1. The van der Waals surface area contributed by atoms with Crippen molar-refractivity contribution < 1.29 is 9.90 Å². The third-order valence-electron chi connectivity index (χ3n) is 3.37. The van der Waals surface area contributed by atoms with Gasteiger partial charge in [-0.15, -0.1) is 10.2 Å². The molecule has 0 amide bonds. The van der Waals surface area contributed by atoms with Crippen LogP contribution in [0.3, 0.4) is 0 Å². The van der Waals surface area contributed by atoms with E-state index in [1.165, 1.54) is 0 Å². The summed E-state index contributed by atoms with van der Waals surface area (Å²) in [4.78, 5) is 10.9. The van der Waals surface area contributed by atoms with Gasteiger partial charge in [-0.05, 0) is 25.1 Å². The lowest BCUT2D eigenvalue weighted by Crippen LogP contribution is -2.14. The van der Waals surface area contributed by atoms with Crippen LogP contribution in [0.25, 0.3) is 5.69 Å². The van der Waals surface area contributed by atoms with Crippen LogP contribution in [0.5, 0.6) is 0 Å². The van der Waals surface area contributed by atoms with Gasteiger partial charge in [-0.2, -0.15) is 5.10 Å². The van der Waals surface area contributed by atoms with Crippen LogP contribution in [-0.4, -0.2) is 41.4 Å². The van der Waals surface area contributed by atoms with Crippen LogP contribution in [0.1, 0.15) is 18.8 Å². The van der Waals surface area contributed by atoms with Crippen LogP contribution in [0.4, 0.5) is 0 Å². The van der Waals surface area contributed by atoms with Crippen molar-refractivity contribution in [1.29, 1.82) is 0 Å². The molecule has 3 aromatic rings. The van der Waals surface area contributed by atoms with Gasteiger partial charge in [0.25, 0.3) is 0 Å². The van der Waals surface area contributed by atoms with Crippen LogP contribution in [-0.2, 0) is 4.79 Å². The molecular weight excluding hydrogens is 350 g/mol. The molecular formula is C15H14ClN5O2S. The molecule has 1 atom stereocenters. The lowest BCUT2D eigenvalue weighted by molar-refractivity contribution is -0.133. The number of thioether (sulfide) groups is 1. The minimum absolute atomic E-state index is 0.112. The fraction of sp³-hybridized carbons (Fsp3) is 0.200. The zero-order chi connectivity index (χ0) is 17.1. The van der Waals surface area contributed by atoms with Gasteiger partial charge in [0.1, 0.15) is 6.04 Å². The molecule has 0 aliphatic rings. The molecule has 0 aliphatic carbocycles. The fourth-order valence-electron chi connectivity index (χ4n) is 2.26. The Morgan fingerprint density at radius 3 is 2.79 bits per heavy atom. The molecule has 3 rings (SSSR count). The summed E-state index contributed by atoms with van der Waals surface area (Å²) in [6.07, 6.45) is 3.52. The molecule has 0 radical (unpaired) electrons. The second-order valence-electron chi connectivity index (χ2n) is 4.97. The predicted octanol–water partition coefficient (Wildman–Crippen LogP) is 2.90. The lowest BCUT2D eigenvalue weighted by atomic mass is 10.2. The van der Waals surface area contributed by atoms with Crippen LogP contribution in [0.15, 0.2) is 47.9 Å². The Morgan fingerprint density at radius 1 is 1.33 bits per heavy atom. The monoisotopic (exact) mass is 363 g/mol. The van der Waals surface area contributed by atoms with Gasteiger partial charge in [-0.3, -0.25) is 14.0 Å². The zero-order valence-corrected chi connectivity index (χ0v) is 14.3. The molecule has 0 bridgehead atoms. The molecule has 24 heavy (non-hydrogen) atoms. The van der Waals surface area contributed by atoms with E-state index < -0.39 is 5.97 Å². The Labute approximate surface area is 147 Å². The number of carboxylic acids is 1. The van der Waals surface area contributed by atoms with E-state index in [9.17, 15) is 4.79 Å². The Kier molecular flexibility index (Phi) is 4.86. The second-order valence-corrected chi connectivity index (χ2v) is 6.32. The van der Waals surface area contributed by atoms with Crippen molar-refractivity contribution in [2.75, 3.05) is 5.75 Å². The van der Waals surface area contributed by atoms with Gasteiger partial charge in [-0.25, -0.2) is 0 Å². The Morgan fingerprint density at radius 2 is 2.12 bits per heavy atom. The topological polar surface area (TPSA) is 85.8 Å². The molecule has 2 heterocycles. The number of benzene rings is 1. The molecule has 0 fully saturated rings. The fourth-order valence-corrected chi connectivity index (χ4v) is 3.15. The third-order valence-corrected chi connectivity index (χ3v) is 4.61. The standard InChI is InChI=1S/C15H14ClN5O2S/c1-10(20-8-4-7-17-20)14-18-19-15(24-9-13(22)23)21(14)12-6-3-2-5-11(12)16/h2-8,10H,9H2,1H3,(H,22,23)/t10-/m1/s1. The van der Waals surface area contributed by atoms with Crippen molar-refractivity contribution in [3.8, 4) is 5.69 Å². The van der Waals surface area contributed by atoms with E-state index in [4.69, 9.17) is 16.7 Å². The summed E-state index contributed by atoms with van der Waals surface area (Å²) in [5.74, 6) is -0.409. The Hall–Kier alpha value is -2.32. The molecule has 1 N–H and O–H groups in total. The van der Waals surface area contributed by atoms with E-state index in [-0.39, 0.29) is 11.8 Å². The number of nitrogens with zero attached hydrogens (tertiary/aromatic N) is 5. The third kappa shape index (κ3) is 3.29. The quantitative estimate of drug-likeness (QED) is 0.678. The second kappa shape index (κ2) is 7.06. The summed E-state index contributed by atoms with van der Waals surface area (Å²) in [7, 11) is 0. The van der Waals surface area contributed by atoms with Crippen LogP contribution >= 0.6 is 23.4 Å². The molecule has 0 spiro atoms. The van der Waals surface area contributed by atoms with Gasteiger partial charge in [-0.1, -0.05) is 35.5 Å². The minimum Gasteiger partial charge on any atom is -0.481 e. The highest BCUT2D eigenvalue weighted by Gasteiger charge is 2.22. The average molecular weight is 364 g/mol. The van der Waals surface area contributed by atoms with Gasteiger partial charge in [0.2, 0.25) is 0 Å². The summed E-state index contributed by atoms with van der Waals surface area (Å²) in [6.45, 7) is 1.94. The summed E-state index contributed by atoms with van der Waals surface area (Å²) in [5, 5.41) is 22.6. The van der Waals surface area contributed by atoms with E-state index >= 15 is 0 Å². The van der Waals surface area contributed by atoms with Crippen LogP contribution in [0.2, 0.25) is 5.02 Å². The largest absolute Gasteiger partial charge is 0.481 e. The number of carboxylic acid groups (broad SMARTS) is 1. The highest BCUT2D eigenvalue weighted by Crippen LogP contribution is 2.30. The minimum atomic E-state index is -0.921. The normalized spacial score (nSPS) is 12.2. The molecule has 0 unspecified atom stereocenters. The molecule has 7 nitrogen and oxygen atoms in total. The van der Waals surface area contributed by atoms with Crippen molar-refractivity contribution in [2.24, 2.45) is 0 Å². The molecule has 9 heteroatoms. The average Bonchev–Trinajstić information content (AvgIpc) is 3.22. The molecule has 1 aromatic carbocycles. The number of halogens is 1. The van der Waals surface area contributed by atoms with Gasteiger partial charge in [0, 0.05) is 12.4 Å². The maximum Gasteiger partial charge on any atom is 0.313 e. The first-order valence-corrected chi connectivity index (χ1v) is 8.48. The van der Waals surface area contributed by atoms with Crippen molar-refractivity contribution in [2.45, 2.75) is 18.1 Å². The first kappa shape index (κ1) is 16.5. The lowest BCUT2D eigenvalue weighted by Gasteiger charge is -2.16. The summed E-state index contributed by atoms with van der Waals surface area (Å²) < 4.78 is 3.53. The number of aliphatic carboxylic acids is 1. The molecule has 0 aliphatic heterocycles. The van der Waals surface area contributed by atoms with E-state index in [1.807, 2.05) is 37.4 Å². The number of hydrogen-bond donors (Lipinski definition) is 1. The van der Waals surface area contributed by atoms with E-state index in [1.54, 1.807) is 21.5 Å². The first-order chi connectivity index (χ1) is 11.6. The molecule has 0 saturated heterocycles. The highest BCUT2D eigenvalue weighted by molar-refractivity contribution is 7.99. The maximum atomic E-state index is 10.9. The smallest absolute Gasteiger partial charge is 0.313 e. The summed E-state index contributed by atoms with van der Waals surface area (Å²) in [5.41, 5.74) is 0.700. The highest BCUT2D eigenvalue weighted by atomic mass is 35.5. The van der Waals surface area contributed by atoms with Crippen molar-refractivity contribution >= 4 is 29.3 Å². The van der Waals surface area contributed by atoms with Gasteiger partial charge < -0.3 is 5.11 Å². The van der Waals surface area contributed by atoms with Crippen molar-refractivity contribution in [1.82, 2.24) is 24.5 Å². The molecule has 2 aromatic heterocycles. The SMILES string of the molecule is C[C@H](c1nnc(SCC(=O)O)n1-c1ccccc1Cl)n1cccn1. The Bertz CT molecular complexity index is 849. The summed E-state index contributed by atoms with van der Waals surface area (Å²) >= 11 is 7.42. The number of hydrogen-bond acceptors (Lipinski definition) is 5. The van der Waals surface area contributed by atoms with E-state index in [0.29, 0.717) is 21.7 Å². The van der Waals surface area contributed by atoms with Gasteiger partial charge >= 0.3 is 5.97 Å². The van der Waals surface area contributed by atoms with Gasteiger partial charge in [0.15, 0.2) is 11.0 Å². The van der Waals surface area contributed by atoms with E-state index in [2.05, 4.69) is 15.3 Å². The maximum absolute atomic E-state index is 10.9. The van der Waals surface area contributed by atoms with Crippen LogP contribution in [0, 0.1) is 0 Å². The number of rotatable bonds is 6. The first-order valence-electron chi connectivity index (χ1n) is 7.12. The number of carbonyl (C=O) groups is 1. The summed E-state index contributed by atoms with van der Waals surface area (Å²) in [6, 6.07) is 8.93.